The van der Waals surface area contributed by atoms with Crippen LogP contribution in [0.2, 0.25) is 0 Å². The maximum atomic E-state index is 11.5. The van der Waals surface area contributed by atoms with Gasteiger partial charge in [-0.2, -0.15) is 0 Å². The average Bonchev–Trinajstić information content (AvgIpc) is 2.87. The highest BCUT2D eigenvalue weighted by Gasteiger charge is 2.15. The first-order valence-corrected chi connectivity index (χ1v) is 6.01. The van der Waals surface area contributed by atoms with Crippen LogP contribution in [0.25, 0.3) is 0 Å². The van der Waals surface area contributed by atoms with E-state index in [1.807, 2.05) is 23.8 Å². The largest absolute Gasteiger partial charge is 0.464 e. The standard InChI is InChI=1S/C11H13N3O2S/c1-7-6-17-10(13-7)5-14-8(2)12-4-9(14)11(15)16-3/h4,6H,5H2,1-3H3. The average molecular weight is 251 g/mol. The van der Waals surface area contributed by atoms with Crippen LogP contribution in [0.4, 0.5) is 0 Å². The summed E-state index contributed by atoms with van der Waals surface area (Å²) in [5, 5.41) is 2.94. The summed E-state index contributed by atoms with van der Waals surface area (Å²) in [6, 6.07) is 0. The van der Waals surface area contributed by atoms with Gasteiger partial charge in [0.25, 0.3) is 0 Å². The topological polar surface area (TPSA) is 57.0 Å². The number of imidazole rings is 1. The van der Waals surface area contributed by atoms with Crippen LogP contribution in [0, 0.1) is 13.8 Å². The second kappa shape index (κ2) is 4.67. The molecule has 5 nitrogen and oxygen atoms in total. The van der Waals surface area contributed by atoms with Crippen molar-refractivity contribution in [2.75, 3.05) is 7.11 Å². The molecule has 0 N–H and O–H groups in total. The number of methoxy groups -OCH3 is 1. The van der Waals surface area contributed by atoms with E-state index < -0.39 is 0 Å². The molecule has 2 aromatic heterocycles. The lowest BCUT2D eigenvalue weighted by atomic mass is 10.4. The normalized spacial score (nSPS) is 10.5. The van der Waals surface area contributed by atoms with Crippen molar-refractivity contribution in [3.8, 4) is 0 Å². The van der Waals surface area contributed by atoms with Crippen LogP contribution in [0.15, 0.2) is 11.6 Å². The fourth-order valence-corrected chi connectivity index (χ4v) is 2.31. The predicted molar refractivity (Wildman–Crippen MR) is 64.3 cm³/mol. The third kappa shape index (κ3) is 2.36. The summed E-state index contributed by atoms with van der Waals surface area (Å²) >= 11 is 1.57. The van der Waals surface area contributed by atoms with Crippen LogP contribution in [-0.2, 0) is 11.3 Å². The number of aromatic nitrogens is 3. The van der Waals surface area contributed by atoms with Gasteiger partial charge in [0.2, 0.25) is 0 Å². The molecule has 0 aromatic carbocycles. The molecule has 2 rings (SSSR count). The molecule has 2 aromatic rings. The van der Waals surface area contributed by atoms with E-state index >= 15 is 0 Å². The Labute approximate surface area is 103 Å². The second-order valence-corrected chi connectivity index (χ2v) is 4.59. The second-order valence-electron chi connectivity index (χ2n) is 3.65. The van der Waals surface area contributed by atoms with Crippen LogP contribution in [0.5, 0.6) is 0 Å². The number of carbonyl (C=O) groups excluding carboxylic acids is 1. The molecule has 0 fully saturated rings. The molecule has 17 heavy (non-hydrogen) atoms. The van der Waals surface area contributed by atoms with Crippen molar-refractivity contribution in [2.24, 2.45) is 0 Å². The first kappa shape index (κ1) is 11.8. The molecule has 0 amide bonds. The van der Waals surface area contributed by atoms with Crippen molar-refractivity contribution >= 4 is 17.3 Å². The minimum absolute atomic E-state index is 0.376. The SMILES string of the molecule is COC(=O)c1cnc(C)n1Cc1nc(C)cs1. The number of hydrogen-bond donors (Lipinski definition) is 0. The number of aryl methyl sites for hydroxylation is 2. The number of rotatable bonds is 3. The molecule has 0 bridgehead atoms. The van der Waals surface area contributed by atoms with E-state index in [4.69, 9.17) is 4.74 Å². The van der Waals surface area contributed by atoms with Crippen LogP contribution >= 0.6 is 11.3 Å². The van der Waals surface area contributed by atoms with Crippen LogP contribution in [-0.4, -0.2) is 27.6 Å². The van der Waals surface area contributed by atoms with E-state index in [9.17, 15) is 4.79 Å². The molecule has 6 heteroatoms. The van der Waals surface area contributed by atoms with Gasteiger partial charge >= 0.3 is 5.97 Å². The molecule has 0 aliphatic rings. The van der Waals surface area contributed by atoms with Gasteiger partial charge in [0.15, 0.2) is 0 Å². The Morgan fingerprint density at radius 2 is 2.29 bits per heavy atom. The van der Waals surface area contributed by atoms with Crippen molar-refractivity contribution in [3.05, 3.63) is 33.8 Å². The fourth-order valence-electron chi connectivity index (χ4n) is 1.55. The molecular weight excluding hydrogens is 238 g/mol. The molecular formula is C11H13N3O2S. The first-order valence-electron chi connectivity index (χ1n) is 5.13. The summed E-state index contributed by atoms with van der Waals surface area (Å²) in [6.45, 7) is 4.35. The van der Waals surface area contributed by atoms with E-state index in [1.54, 1.807) is 11.3 Å². The summed E-state index contributed by atoms with van der Waals surface area (Å²) in [5.74, 6) is 0.400. The van der Waals surface area contributed by atoms with E-state index in [-0.39, 0.29) is 5.97 Å². The van der Waals surface area contributed by atoms with Crippen molar-refractivity contribution in [3.63, 3.8) is 0 Å². The van der Waals surface area contributed by atoms with E-state index in [0.717, 1.165) is 16.5 Å². The van der Waals surface area contributed by atoms with Gasteiger partial charge in [-0.3, -0.25) is 0 Å². The predicted octanol–water partition coefficient (Wildman–Crippen LogP) is 1.79. The van der Waals surface area contributed by atoms with Gasteiger partial charge in [-0.25, -0.2) is 14.8 Å². The third-order valence-corrected chi connectivity index (χ3v) is 3.36. The van der Waals surface area contributed by atoms with Gasteiger partial charge in [-0.05, 0) is 13.8 Å². The van der Waals surface area contributed by atoms with Gasteiger partial charge in [-0.15, -0.1) is 11.3 Å². The summed E-state index contributed by atoms with van der Waals surface area (Å²) in [6.07, 6.45) is 1.53. The maximum Gasteiger partial charge on any atom is 0.356 e. The Morgan fingerprint density at radius 1 is 1.53 bits per heavy atom. The van der Waals surface area contributed by atoms with Crippen LogP contribution in [0.1, 0.15) is 27.0 Å². The summed E-state index contributed by atoms with van der Waals surface area (Å²) in [5.41, 5.74) is 1.44. The number of esters is 1. The Hall–Kier alpha value is -1.69. The minimum atomic E-state index is -0.376. The van der Waals surface area contributed by atoms with Crippen molar-refractivity contribution in [1.82, 2.24) is 14.5 Å². The lowest BCUT2D eigenvalue weighted by Gasteiger charge is -2.06. The third-order valence-electron chi connectivity index (χ3n) is 2.41. The Balaban J connectivity index is 2.31. The number of carbonyl (C=O) groups is 1. The Morgan fingerprint density at radius 3 is 2.88 bits per heavy atom. The Kier molecular flexibility index (Phi) is 3.23. The van der Waals surface area contributed by atoms with Crippen molar-refractivity contribution in [2.45, 2.75) is 20.4 Å². The number of nitrogens with zero attached hydrogens (tertiary/aromatic N) is 3. The Bertz CT molecular complexity index is 545. The monoisotopic (exact) mass is 251 g/mol. The van der Waals surface area contributed by atoms with Crippen molar-refractivity contribution < 1.29 is 9.53 Å². The zero-order valence-corrected chi connectivity index (χ0v) is 10.7. The molecule has 0 radical (unpaired) electrons. The fraction of sp³-hybridized carbons (Fsp3) is 0.364. The smallest absolute Gasteiger partial charge is 0.356 e. The summed E-state index contributed by atoms with van der Waals surface area (Å²) in [4.78, 5) is 20.0. The summed E-state index contributed by atoms with van der Waals surface area (Å²) in [7, 11) is 1.36. The van der Waals surface area contributed by atoms with Crippen LogP contribution in [0.3, 0.4) is 0 Å². The quantitative estimate of drug-likeness (QED) is 0.780. The lowest BCUT2D eigenvalue weighted by Crippen LogP contribution is -2.12. The molecule has 0 atom stereocenters. The van der Waals surface area contributed by atoms with Crippen LogP contribution < -0.4 is 0 Å². The molecule has 0 saturated heterocycles. The highest BCUT2D eigenvalue weighted by atomic mass is 32.1. The molecule has 0 aliphatic carbocycles. The van der Waals surface area contributed by atoms with Gasteiger partial charge in [0.05, 0.1) is 19.9 Å². The molecule has 2 heterocycles. The number of thiazole rings is 1. The molecule has 0 aliphatic heterocycles. The molecule has 0 unspecified atom stereocenters. The molecule has 90 valence electrons. The highest BCUT2D eigenvalue weighted by Crippen LogP contribution is 2.14. The van der Waals surface area contributed by atoms with Gasteiger partial charge in [0, 0.05) is 11.1 Å². The van der Waals surface area contributed by atoms with Gasteiger partial charge < -0.3 is 9.30 Å². The van der Waals surface area contributed by atoms with Crippen molar-refractivity contribution in [1.29, 1.82) is 0 Å². The molecule has 0 spiro atoms. The number of ether oxygens (including phenoxy) is 1. The van der Waals surface area contributed by atoms with E-state index in [0.29, 0.717) is 12.2 Å². The van der Waals surface area contributed by atoms with E-state index in [1.165, 1.54) is 13.3 Å². The summed E-state index contributed by atoms with van der Waals surface area (Å²) < 4.78 is 6.53. The first-order chi connectivity index (χ1) is 8.11. The van der Waals surface area contributed by atoms with Gasteiger partial charge in [-0.1, -0.05) is 0 Å². The molecule has 0 saturated carbocycles. The maximum absolute atomic E-state index is 11.5. The van der Waals surface area contributed by atoms with Gasteiger partial charge in [0.1, 0.15) is 16.5 Å². The zero-order valence-electron chi connectivity index (χ0n) is 9.93. The minimum Gasteiger partial charge on any atom is -0.464 e. The van der Waals surface area contributed by atoms with E-state index in [2.05, 4.69) is 9.97 Å². The number of hydrogen-bond acceptors (Lipinski definition) is 5. The zero-order chi connectivity index (χ0) is 12.4. The lowest BCUT2D eigenvalue weighted by molar-refractivity contribution is 0.0588. The highest BCUT2D eigenvalue weighted by molar-refractivity contribution is 7.09.